The van der Waals surface area contributed by atoms with E-state index in [4.69, 9.17) is 14.7 Å². The Kier molecular flexibility index (Phi) is 4.19. The molecule has 1 spiro atoms. The fourth-order valence-corrected chi connectivity index (χ4v) is 2.90. The minimum atomic E-state index is -1.18. The number of hydrogen-bond acceptors (Lipinski definition) is 5. The van der Waals surface area contributed by atoms with Crippen LogP contribution < -0.4 is 0 Å². The summed E-state index contributed by atoms with van der Waals surface area (Å²) in [6, 6.07) is 8.27. The molecule has 1 saturated carbocycles. The van der Waals surface area contributed by atoms with Crippen molar-refractivity contribution >= 4 is 5.78 Å². The first kappa shape index (κ1) is 15.7. The number of carbonyl (C=O) groups excluding carboxylic acids is 1. The molecule has 5 heteroatoms. The van der Waals surface area contributed by atoms with E-state index in [9.17, 15) is 9.90 Å². The first-order chi connectivity index (χ1) is 11.0. The van der Waals surface area contributed by atoms with E-state index in [0.29, 0.717) is 50.0 Å². The van der Waals surface area contributed by atoms with Gasteiger partial charge in [-0.15, -0.1) is 0 Å². The monoisotopic (exact) mass is 311 g/mol. The highest BCUT2D eigenvalue weighted by atomic mass is 16.7. The summed E-state index contributed by atoms with van der Waals surface area (Å²) in [7, 11) is 0. The molecule has 0 bridgehead atoms. The molecule has 1 heterocycles. The van der Waals surface area contributed by atoms with E-state index in [0.717, 1.165) is 0 Å². The highest BCUT2D eigenvalue weighted by molar-refractivity contribution is 6.09. The lowest BCUT2D eigenvalue weighted by Crippen LogP contribution is -2.42. The molecule has 3 rings (SSSR count). The number of Topliss-reactive ketones (excluding diaryl/α,β-unsaturated/α-hetero) is 1. The summed E-state index contributed by atoms with van der Waals surface area (Å²) in [6.07, 6.45) is 1.98. The number of aliphatic hydroxyl groups is 1. The van der Waals surface area contributed by atoms with Crippen LogP contribution in [0.1, 0.15) is 41.6 Å². The molecule has 118 valence electrons. The second kappa shape index (κ2) is 6.14. The third-order valence-corrected chi connectivity index (χ3v) is 4.34. The highest BCUT2D eigenvalue weighted by Gasteiger charge is 2.44. The van der Waals surface area contributed by atoms with Crippen molar-refractivity contribution in [2.75, 3.05) is 13.2 Å². The molecular weight excluding hydrogens is 294 g/mol. The quantitative estimate of drug-likeness (QED) is 0.486. The topological polar surface area (TPSA) is 79.6 Å². The molecule has 0 amide bonds. The average Bonchev–Trinajstić information content (AvgIpc) is 3.05. The normalized spacial score (nSPS) is 21.2. The lowest BCUT2D eigenvalue weighted by atomic mass is 9.81. The molecule has 2 fully saturated rings. The summed E-state index contributed by atoms with van der Waals surface area (Å²) in [5, 5.41) is 19.3. The third-order valence-electron chi connectivity index (χ3n) is 4.34. The summed E-state index contributed by atoms with van der Waals surface area (Å²) >= 11 is 0. The van der Waals surface area contributed by atoms with Crippen LogP contribution in [0.3, 0.4) is 0 Å². The Morgan fingerprint density at radius 1 is 1.09 bits per heavy atom. The van der Waals surface area contributed by atoms with E-state index in [1.165, 1.54) is 0 Å². The molecule has 1 aliphatic carbocycles. The number of benzene rings is 1. The fourth-order valence-electron chi connectivity index (χ4n) is 2.90. The van der Waals surface area contributed by atoms with Gasteiger partial charge in [-0.3, -0.25) is 4.79 Å². The maximum Gasteiger partial charge on any atom is 0.235 e. The molecule has 0 atom stereocenters. The van der Waals surface area contributed by atoms with Crippen LogP contribution >= 0.6 is 0 Å². The Morgan fingerprint density at radius 2 is 1.70 bits per heavy atom. The Hall–Kier alpha value is -2.18. The first-order valence-corrected chi connectivity index (χ1v) is 7.62. The predicted octanol–water partition coefficient (Wildman–Crippen LogP) is 1.79. The van der Waals surface area contributed by atoms with Gasteiger partial charge in [-0.05, 0) is 43.0 Å². The van der Waals surface area contributed by atoms with E-state index in [2.05, 4.69) is 11.8 Å². The summed E-state index contributed by atoms with van der Waals surface area (Å²) in [4.78, 5) is 12.1. The lowest BCUT2D eigenvalue weighted by molar-refractivity contribution is -0.195. The smallest absolute Gasteiger partial charge is 0.235 e. The Labute approximate surface area is 134 Å². The van der Waals surface area contributed by atoms with E-state index >= 15 is 0 Å². The van der Waals surface area contributed by atoms with Crippen LogP contribution in [0.15, 0.2) is 24.3 Å². The second-order valence-corrected chi connectivity index (χ2v) is 5.91. The lowest BCUT2D eigenvalue weighted by Gasteiger charge is -2.37. The summed E-state index contributed by atoms with van der Waals surface area (Å²) < 4.78 is 11.2. The zero-order valence-electron chi connectivity index (χ0n) is 12.7. The van der Waals surface area contributed by atoms with Gasteiger partial charge < -0.3 is 14.6 Å². The Bertz CT molecular complexity index is 689. The van der Waals surface area contributed by atoms with Crippen molar-refractivity contribution < 1.29 is 19.4 Å². The van der Waals surface area contributed by atoms with Crippen LogP contribution in [0.2, 0.25) is 0 Å². The maximum absolute atomic E-state index is 12.1. The van der Waals surface area contributed by atoms with E-state index in [1.54, 1.807) is 24.3 Å². The molecule has 5 nitrogen and oxygen atoms in total. The molecule has 0 radical (unpaired) electrons. The highest BCUT2D eigenvalue weighted by Crippen LogP contribution is 2.39. The number of rotatable bonds is 1. The number of nitriles is 1. The van der Waals surface area contributed by atoms with E-state index in [-0.39, 0.29) is 5.78 Å². The number of ketones is 1. The predicted molar refractivity (Wildman–Crippen MR) is 81.3 cm³/mol. The maximum atomic E-state index is 12.1. The molecule has 1 aromatic rings. The number of carbonyl (C=O) groups is 1. The SMILES string of the molecule is N#Cc1ccc(C(=O)C#CC2(O)CCC3(CC2)OCCO3)cc1. The van der Waals surface area contributed by atoms with Gasteiger partial charge >= 0.3 is 0 Å². The summed E-state index contributed by atoms with van der Waals surface area (Å²) in [5.74, 6) is 4.30. The van der Waals surface area contributed by atoms with Crippen molar-refractivity contribution in [3.8, 4) is 17.9 Å². The van der Waals surface area contributed by atoms with Gasteiger partial charge in [0.1, 0.15) is 5.60 Å². The summed E-state index contributed by atoms with van der Waals surface area (Å²) in [5.41, 5.74) is -0.278. The largest absolute Gasteiger partial charge is 0.378 e. The number of hydrogen-bond donors (Lipinski definition) is 1. The third kappa shape index (κ3) is 3.43. The molecule has 0 unspecified atom stereocenters. The van der Waals surface area contributed by atoms with Crippen molar-refractivity contribution in [3.05, 3.63) is 35.4 Å². The van der Waals surface area contributed by atoms with Gasteiger partial charge in [0.25, 0.3) is 0 Å². The standard InChI is InChI=1S/C18H17NO4/c19-13-14-1-3-15(4-2-14)16(20)5-6-17(21)7-9-18(10-8-17)22-11-12-23-18/h1-4,21H,7-12H2. The van der Waals surface area contributed by atoms with Crippen LogP contribution in [0.25, 0.3) is 0 Å². The number of nitrogens with zero attached hydrogens (tertiary/aromatic N) is 1. The molecule has 0 aromatic heterocycles. The Balaban J connectivity index is 1.66. The van der Waals surface area contributed by atoms with Crippen LogP contribution in [0, 0.1) is 23.2 Å². The minimum absolute atomic E-state index is 0.364. The molecule has 1 saturated heterocycles. The van der Waals surface area contributed by atoms with Gasteiger partial charge in [0.15, 0.2) is 5.79 Å². The molecular formula is C18H17NO4. The van der Waals surface area contributed by atoms with Gasteiger partial charge in [0.2, 0.25) is 5.78 Å². The van der Waals surface area contributed by atoms with Crippen molar-refractivity contribution in [2.45, 2.75) is 37.1 Å². The fraction of sp³-hybridized carbons (Fsp3) is 0.444. The Morgan fingerprint density at radius 3 is 2.26 bits per heavy atom. The van der Waals surface area contributed by atoms with Crippen LogP contribution in [0.5, 0.6) is 0 Å². The molecule has 2 aliphatic rings. The van der Waals surface area contributed by atoms with Crippen LogP contribution in [-0.2, 0) is 9.47 Å². The van der Waals surface area contributed by atoms with Crippen molar-refractivity contribution in [1.82, 2.24) is 0 Å². The van der Waals surface area contributed by atoms with Gasteiger partial charge in [0, 0.05) is 18.4 Å². The second-order valence-electron chi connectivity index (χ2n) is 5.91. The van der Waals surface area contributed by atoms with Crippen LogP contribution in [0.4, 0.5) is 0 Å². The van der Waals surface area contributed by atoms with Gasteiger partial charge in [-0.1, -0.05) is 5.92 Å². The van der Waals surface area contributed by atoms with Gasteiger partial charge in [-0.2, -0.15) is 5.26 Å². The molecule has 23 heavy (non-hydrogen) atoms. The zero-order valence-corrected chi connectivity index (χ0v) is 12.7. The van der Waals surface area contributed by atoms with E-state index < -0.39 is 11.4 Å². The molecule has 1 aromatic carbocycles. The zero-order chi connectivity index (χ0) is 16.3. The van der Waals surface area contributed by atoms with Gasteiger partial charge in [-0.25, -0.2) is 0 Å². The minimum Gasteiger partial charge on any atom is -0.378 e. The van der Waals surface area contributed by atoms with E-state index in [1.807, 2.05) is 6.07 Å². The van der Waals surface area contributed by atoms with Crippen molar-refractivity contribution in [3.63, 3.8) is 0 Å². The molecule has 1 aliphatic heterocycles. The van der Waals surface area contributed by atoms with Crippen LogP contribution in [-0.4, -0.2) is 35.5 Å². The average molecular weight is 311 g/mol. The molecule has 1 N–H and O–H groups in total. The summed E-state index contributed by atoms with van der Waals surface area (Å²) in [6.45, 7) is 1.17. The van der Waals surface area contributed by atoms with Gasteiger partial charge in [0.05, 0.1) is 24.8 Å². The number of ether oxygens (including phenoxy) is 2. The van der Waals surface area contributed by atoms with Crippen molar-refractivity contribution in [1.29, 1.82) is 5.26 Å². The van der Waals surface area contributed by atoms with Crippen molar-refractivity contribution in [2.24, 2.45) is 0 Å². The first-order valence-electron chi connectivity index (χ1n) is 7.62.